The number of benzene rings is 1. The molecular formula is C11H9N2O3S. The fourth-order valence-electron chi connectivity index (χ4n) is 1.32. The van der Waals surface area contributed by atoms with E-state index in [2.05, 4.69) is 9.59 Å². The third kappa shape index (κ3) is 2.42. The van der Waals surface area contributed by atoms with E-state index < -0.39 is 5.97 Å². The van der Waals surface area contributed by atoms with E-state index >= 15 is 0 Å². The number of rotatable bonds is 3. The van der Waals surface area contributed by atoms with Gasteiger partial charge in [0.15, 0.2) is 11.4 Å². The molecule has 0 spiro atoms. The fraction of sp³-hybridized carbons (Fsp3) is 0.182. The number of carbonyl (C=O) groups is 1. The number of nitrogens with zero attached hydrogens (tertiary/aromatic N) is 2. The Bertz CT molecular complexity index is 522. The van der Waals surface area contributed by atoms with Crippen molar-refractivity contribution in [2.45, 2.75) is 6.92 Å². The molecule has 2 aromatic rings. The monoisotopic (exact) mass is 249 g/mol. The lowest BCUT2D eigenvalue weighted by atomic mass is 10.1. The molecule has 0 bridgehead atoms. The zero-order valence-corrected chi connectivity index (χ0v) is 9.86. The molecule has 0 aliphatic heterocycles. The summed E-state index contributed by atoms with van der Waals surface area (Å²) in [6.45, 7) is 2.01. The van der Waals surface area contributed by atoms with E-state index in [9.17, 15) is 9.90 Å². The summed E-state index contributed by atoms with van der Waals surface area (Å²) in [6.07, 6.45) is 0. The molecule has 1 radical (unpaired) electrons. The van der Waals surface area contributed by atoms with Gasteiger partial charge in [0, 0.05) is 0 Å². The number of carbonyl (C=O) groups excluding carboxylic acids is 1. The summed E-state index contributed by atoms with van der Waals surface area (Å²) < 4.78 is 8.61. The molecule has 0 fully saturated rings. The lowest BCUT2D eigenvalue weighted by Crippen LogP contribution is -2.06. The van der Waals surface area contributed by atoms with Crippen molar-refractivity contribution >= 4 is 17.5 Å². The molecule has 0 aliphatic rings. The predicted molar refractivity (Wildman–Crippen MR) is 61.4 cm³/mol. The fourth-order valence-corrected chi connectivity index (χ4v) is 1.98. The van der Waals surface area contributed by atoms with Gasteiger partial charge in [-0.1, -0.05) is 4.49 Å². The van der Waals surface area contributed by atoms with Crippen LogP contribution in [-0.4, -0.2) is 22.2 Å². The molecule has 1 aromatic carbocycles. The Balaban J connectivity index is 2.36. The standard InChI is InChI=1S/C11H9N2O3S/c1-2-16-11(15)9-10(17-13-12-9)7-3-5-8(14)6-4-7/h3-6H,2H2,1H3. The van der Waals surface area contributed by atoms with Gasteiger partial charge >= 0.3 is 5.97 Å². The number of esters is 1. The van der Waals surface area contributed by atoms with E-state index in [0.717, 1.165) is 17.1 Å². The highest BCUT2D eigenvalue weighted by Crippen LogP contribution is 2.28. The van der Waals surface area contributed by atoms with E-state index in [0.29, 0.717) is 4.88 Å². The Morgan fingerprint density at radius 1 is 1.35 bits per heavy atom. The first-order valence-corrected chi connectivity index (χ1v) is 5.76. The van der Waals surface area contributed by atoms with Gasteiger partial charge in [0.1, 0.15) is 0 Å². The summed E-state index contributed by atoms with van der Waals surface area (Å²) in [6, 6.07) is 6.15. The SMILES string of the molecule is CCOC(=O)c1nnsc1-c1ccc([O])cc1. The molecule has 0 atom stereocenters. The maximum atomic E-state index is 11.6. The summed E-state index contributed by atoms with van der Waals surface area (Å²) in [5.41, 5.74) is 0.929. The van der Waals surface area contributed by atoms with Crippen LogP contribution >= 0.6 is 11.5 Å². The Hall–Kier alpha value is -1.95. The number of hydrogen-bond donors (Lipinski definition) is 0. The second-order valence-electron chi connectivity index (χ2n) is 3.20. The van der Waals surface area contributed by atoms with Crippen LogP contribution in [0.2, 0.25) is 0 Å². The molecular weight excluding hydrogens is 240 g/mol. The maximum absolute atomic E-state index is 11.6. The molecule has 1 aromatic heterocycles. The van der Waals surface area contributed by atoms with Crippen LogP contribution in [0.25, 0.3) is 10.4 Å². The summed E-state index contributed by atoms with van der Waals surface area (Å²) in [7, 11) is 0. The highest BCUT2D eigenvalue weighted by atomic mass is 32.1. The third-order valence-electron chi connectivity index (χ3n) is 2.07. The summed E-state index contributed by atoms with van der Waals surface area (Å²) in [5, 5.41) is 14.7. The predicted octanol–water partition coefficient (Wildman–Crippen LogP) is 2.53. The Labute approximate surface area is 102 Å². The van der Waals surface area contributed by atoms with E-state index in [4.69, 9.17) is 4.74 Å². The molecule has 0 amide bonds. The molecule has 0 aliphatic carbocycles. The zero-order valence-electron chi connectivity index (χ0n) is 9.04. The van der Waals surface area contributed by atoms with Crippen LogP contribution in [0.5, 0.6) is 5.75 Å². The van der Waals surface area contributed by atoms with Gasteiger partial charge in [0.25, 0.3) is 0 Å². The van der Waals surface area contributed by atoms with Crippen molar-refractivity contribution in [1.29, 1.82) is 0 Å². The number of hydrogen-bond acceptors (Lipinski definition) is 5. The molecule has 6 heteroatoms. The Morgan fingerprint density at radius 3 is 2.71 bits per heavy atom. The lowest BCUT2D eigenvalue weighted by Gasteiger charge is -2.01. The molecule has 87 valence electrons. The molecule has 17 heavy (non-hydrogen) atoms. The molecule has 2 rings (SSSR count). The highest BCUT2D eigenvalue weighted by molar-refractivity contribution is 7.09. The van der Waals surface area contributed by atoms with Gasteiger partial charge in [0.2, 0.25) is 0 Å². The van der Waals surface area contributed by atoms with Gasteiger partial charge in [-0.05, 0) is 48.3 Å². The maximum Gasteiger partial charge on any atom is 0.360 e. The van der Waals surface area contributed by atoms with Crippen LogP contribution in [0.1, 0.15) is 17.4 Å². The molecule has 5 nitrogen and oxygen atoms in total. The smallest absolute Gasteiger partial charge is 0.360 e. The third-order valence-corrected chi connectivity index (χ3v) is 2.85. The van der Waals surface area contributed by atoms with Gasteiger partial charge in [0.05, 0.1) is 11.5 Å². The van der Waals surface area contributed by atoms with Crippen molar-refractivity contribution in [3.05, 3.63) is 30.0 Å². The Kier molecular flexibility index (Phi) is 3.34. The van der Waals surface area contributed by atoms with Crippen molar-refractivity contribution in [3.8, 4) is 16.2 Å². The van der Waals surface area contributed by atoms with E-state index in [1.165, 1.54) is 12.1 Å². The minimum atomic E-state index is -0.498. The van der Waals surface area contributed by atoms with Crippen LogP contribution in [-0.2, 0) is 9.84 Å². The summed E-state index contributed by atoms with van der Waals surface area (Å²) >= 11 is 1.10. The average Bonchev–Trinajstić information content (AvgIpc) is 2.79. The Morgan fingerprint density at radius 2 is 2.06 bits per heavy atom. The largest absolute Gasteiger partial charge is 0.461 e. The molecule has 0 N–H and O–H groups in total. The van der Waals surface area contributed by atoms with Gasteiger partial charge < -0.3 is 4.74 Å². The summed E-state index contributed by atoms with van der Waals surface area (Å²) in [4.78, 5) is 12.2. The first kappa shape index (κ1) is 11.5. The van der Waals surface area contributed by atoms with Crippen molar-refractivity contribution in [1.82, 2.24) is 9.59 Å². The quantitative estimate of drug-likeness (QED) is 0.783. The van der Waals surface area contributed by atoms with Gasteiger partial charge in [-0.2, -0.15) is 0 Å². The van der Waals surface area contributed by atoms with Crippen molar-refractivity contribution in [3.63, 3.8) is 0 Å². The average molecular weight is 249 g/mol. The van der Waals surface area contributed by atoms with Gasteiger partial charge in [-0.25, -0.2) is 4.79 Å². The van der Waals surface area contributed by atoms with E-state index in [1.807, 2.05) is 0 Å². The van der Waals surface area contributed by atoms with Crippen LogP contribution in [0.15, 0.2) is 24.3 Å². The second-order valence-corrected chi connectivity index (χ2v) is 3.95. The molecule has 1 heterocycles. The van der Waals surface area contributed by atoms with Gasteiger partial charge in [-0.15, -0.1) is 5.10 Å². The summed E-state index contributed by atoms with van der Waals surface area (Å²) in [5.74, 6) is -0.577. The van der Waals surface area contributed by atoms with Crippen molar-refractivity contribution in [2.75, 3.05) is 6.61 Å². The van der Waals surface area contributed by atoms with E-state index in [1.54, 1.807) is 19.1 Å². The van der Waals surface area contributed by atoms with Gasteiger partial charge in [-0.3, -0.25) is 5.11 Å². The van der Waals surface area contributed by atoms with Crippen LogP contribution in [0.4, 0.5) is 0 Å². The first-order valence-electron chi connectivity index (χ1n) is 4.99. The minimum absolute atomic E-state index is 0.0797. The topological polar surface area (TPSA) is 72.0 Å². The normalized spacial score (nSPS) is 10.2. The van der Waals surface area contributed by atoms with Crippen LogP contribution in [0, 0.1) is 0 Å². The second kappa shape index (κ2) is 4.92. The van der Waals surface area contributed by atoms with E-state index in [-0.39, 0.29) is 18.1 Å². The van der Waals surface area contributed by atoms with Crippen molar-refractivity contribution < 1.29 is 14.6 Å². The number of aromatic nitrogens is 2. The van der Waals surface area contributed by atoms with Crippen LogP contribution in [0.3, 0.4) is 0 Å². The van der Waals surface area contributed by atoms with Crippen LogP contribution < -0.4 is 0 Å². The minimum Gasteiger partial charge on any atom is -0.461 e. The zero-order chi connectivity index (χ0) is 12.3. The first-order chi connectivity index (χ1) is 8.22. The lowest BCUT2D eigenvalue weighted by molar-refractivity contribution is 0.0520. The molecule has 0 saturated heterocycles. The molecule has 0 unspecified atom stereocenters. The van der Waals surface area contributed by atoms with Crippen molar-refractivity contribution in [2.24, 2.45) is 0 Å². The highest BCUT2D eigenvalue weighted by Gasteiger charge is 2.18. The number of ether oxygens (including phenoxy) is 1. The molecule has 0 saturated carbocycles.